The highest BCUT2D eigenvalue weighted by molar-refractivity contribution is 5.96. The fourth-order valence-electron chi connectivity index (χ4n) is 3.95. The smallest absolute Gasteiger partial charge is 0.335 e. The zero-order valence-electron chi connectivity index (χ0n) is 16.0. The maximum absolute atomic E-state index is 11.3. The zero-order chi connectivity index (χ0) is 19.8. The minimum atomic E-state index is -0.967. The Morgan fingerprint density at radius 1 is 0.759 bits per heavy atom. The van der Waals surface area contributed by atoms with Gasteiger partial charge in [-0.1, -0.05) is 0 Å². The standard InChI is InChI=1S/C21H22N4O4/c26-21(27)14-1-2-15-16(11-14)23-18-13-20(25-5-9-29-10-6-25)19(12-17(18)22-15)24-3-7-28-8-4-24/h1-2,11-13H,3-10H2,(H,26,27). The van der Waals surface area contributed by atoms with Crippen molar-refractivity contribution >= 4 is 39.4 Å². The molecule has 2 aromatic carbocycles. The van der Waals surface area contributed by atoms with Crippen molar-refractivity contribution in [1.82, 2.24) is 9.97 Å². The molecule has 150 valence electrons. The van der Waals surface area contributed by atoms with Crippen LogP contribution in [0.25, 0.3) is 22.1 Å². The molecule has 0 radical (unpaired) electrons. The molecule has 8 heteroatoms. The third-order valence-electron chi connectivity index (χ3n) is 5.48. The molecule has 0 atom stereocenters. The second kappa shape index (κ2) is 7.46. The molecule has 0 spiro atoms. The van der Waals surface area contributed by atoms with Crippen molar-refractivity contribution < 1.29 is 19.4 Å². The van der Waals surface area contributed by atoms with Crippen LogP contribution in [0.5, 0.6) is 0 Å². The number of hydrogen-bond acceptors (Lipinski definition) is 7. The van der Waals surface area contributed by atoms with Crippen molar-refractivity contribution in [3.8, 4) is 0 Å². The largest absolute Gasteiger partial charge is 0.478 e. The Kier molecular flexibility index (Phi) is 4.65. The lowest BCUT2D eigenvalue weighted by Gasteiger charge is -2.36. The number of hydrogen-bond donors (Lipinski definition) is 1. The molecular weight excluding hydrogens is 372 g/mol. The summed E-state index contributed by atoms with van der Waals surface area (Å²) in [7, 11) is 0. The summed E-state index contributed by atoms with van der Waals surface area (Å²) in [5.74, 6) is -0.967. The maximum Gasteiger partial charge on any atom is 0.335 e. The van der Waals surface area contributed by atoms with Crippen molar-refractivity contribution in [2.45, 2.75) is 0 Å². The molecule has 3 aromatic rings. The first-order valence-electron chi connectivity index (χ1n) is 9.83. The number of aromatic nitrogens is 2. The first-order chi connectivity index (χ1) is 14.2. The molecule has 0 aliphatic carbocycles. The molecule has 1 N–H and O–H groups in total. The Morgan fingerprint density at radius 2 is 1.24 bits per heavy atom. The number of benzene rings is 2. The van der Waals surface area contributed by atoms with Gasteiger partial charge in [-0.25, -0.2) is 14.8 Å². The van der Waals surface area contributed by atoms with E-state index in [1.165, 1.54) is 0 Å². The number of carboxylic acid groups (broad SMARTS) is 1. The van der Waals surface area contributed by atoms with Crippen LogP contribution in [-0.2, 0) is 9.47 Å². The second-order valence-corrected chi connectivity index (χ2v) is 7.26. The van der Waals surface area contributed by atoms with E-state index in [0.29, 0.717) is 37.5 Å². The van der Waals surface area contributed by atoms with Crippen LogP contribution in [0.2, 0.25) is 0 Å². The molecule has 0 amide bonds. The number of rotatable bonds is 3. The highest BCUT2D eigenvalue weighted by atomic mass is 16.5. The predicted octanol–water partition coefficient (Wildman–Crippen LogP) is 2.15. The van der Waals surface area contributed by atoms with Gasteiger partial charge in [0.1, 0.15) is 0 Å². The van der Waals surface area contributed by atoms with Gasteiger partial charge < -0.3 is 24.4 Å². The Balaban J connectivity index is 1.67. The quantitative estimate of drug-likeness (QED) is 0.676. The van der Waals surface area contributed by atoms with Gasteiger partial charge in [0.25, 0.3) is 0 Å². The van der Waals surface area contributed by atoms with Crippen LogP contribution in [0.15, 0.2) is 30.3 Å². The van der Waals surface area contributed by atoms with Crippen molar-refractivity contribution in [1.29, 1.82) is 0 Å². The van der Waals surface area contributed by atoms with E-state index in [0.717, 1.165) is 48.6 Å². The fourth-order valence-corrected chi connectivity index (χ4v) is 3.95. The number of nitrogens with zero attached hydrogens (tertiary/aromatic N) is 4. The zero-order valence-corrected chi connectivity index (χ0v) is 16.0. The summed E-state index contributed by atoms with van der Waals surface area (Å²) in [6.45, 7) is 6.15. The van der Waals surface area contributed by atoms with Crippen LogP contribution < -0.4 is 9.80 Å². The van der Waals surface area contributed by atoms with E-state index >= 15 is 0 Å². The van der Waals surface area contributed by atoms with E-state index in [2.05, 4.69) is 21.9 Å². The number of carboxylic acids is 1. The van der Waals surface area contributed by atoms with Crippen molar-refractivity contribution in [2.24, 2.45) is 0 Å². The molecule has 0 bridgehead atoms. The van der Waals surface area contributed by atoms with Crippen LogP contribution in [0.1, 0.15) is 10.4 Å². The highest BCUT2D eigenvalue weighted by Gasteiger charge is 2.22. The number of fused-ring (bicyclic) bond motifs is 2. The number of carbonyl (C=O) groups is 1. The summed E-state index contributed by atoms with van der Waals surface area (Å²) in [4.78, 5) is 25.5. The molecular formula is C21H22N4O4. The topological polar surface area (TPSA) is 88.0 Å². The van der Waals surface area contributed by atoms with Gasteiger partial charge in [0.15, 0.2) is 0 Å². The molecule has 0 saturated carbocycles. The van der Waals surface area contributed by atoms with E-state index in [1.54, 1.807) is 18.2 Å². The van der Waals surface area contributed by atoms with Crippen LogP contribution in [0, 0.1) is 0 Å². The molecule has 2 fully saturated rings. The summed E-state index contributed by atoms with van der Waals surface area (Å²) >= 11 is 0. The highest BCUT2D eigenvalue weighted by Crippen LogP contribution is 2.35. The van der Waals surface area contributed by atoms with Gasteiger partial charge in [0.2, 0.25) is 0 Å². The fraction of sp³-hybridized carbons (Fsp3) is 0.381. The molecule has 2 saturated heterocycles. The lowest BCUT2D eigenvalue weighted by atomic mass is 10.1. The second-order valence-electron chi connectivity index (χ2n) is 7.26. The molecule has 8 nitrogen and oxygen atoms in total. The average Bonchev–Trinajstić information content (AvgIpc) is 2.77. The third-order valence-corrected chi connectivity index (χ3v) is 5.48. The summed E-state index contributed by atoms with van der Waals surface area (Å²) in [5.41, 5.74) is 5.31. The van der Waals surface area contributed by atoms with Gasteiger partial charge in [0, 0.05) is 26.2 Å². The maximum atomic E-state index is 11.3. The molecule has 3 heterocycles. The van der Waals surface area contributed by atoms with Crippen molar-refractivity contribution in [2.75, 3.05) is 62.4 Å². The average molecular weight is 394 g/mol. The summed E-state index contributed by atoms with van der Waals surface area (Å²) in [5, 5.41) is 9.27. The van der Waals surface area contributed by atoms with Crippen molar-refractivity contribution in [3.05, 3.63) is 35.9 Å². The molecule has 2 aliphatic rings. The number of ether oxygens (including phenoxy) is 2. The summed E-state index contributed by atoms with van der Waals surface area (Å²) in [6, 6.07) is 9.04. The first kappa shape index (κ1) is 18.1. The van der Waals surface area contributed by atoms with Gasteiger partial charge in [-0.15, -0.1) is 0 Å². The Labute approximate surface area is 167 Å². The lowest BCUT2D eigenvalue weighted by molar-refractivity contribution is 0.0697. The number of morpholine rings is 2. The number of anilines is 2. The van der Waals surface area contributed by atoms with Gasteiger partial charge in [0.05, 0.1) is 65.4 Å². The van der Waals surface area contributed by atoms with Crippen LogP contribution in [-0.4, -0.2) is 73.7 Å². The lowest BCUT2D eigenvalue weighted by Crippen LogP contribution is -2.40. The van der Waals surface area contributed by atoms with Crippen LogP contribution in [0.4, 0.5) is 11.4 Å². The normalized spacial score (nSPS) is 17.8. The summed E-state index contributed by atoms with van der Waals surface area (Å²) < 4.78 is 11.1. The third kappa shape index (κ3) is 3.45. The Morgan fingerprint density at radius 3 is 1.76 bits per heavy atom. The first-order valence-corrected chi connectivity index (χ1v) is 9.83. The monoisotopic (exact) mass is 394 g/mol. The van der Waals surface area contributed by atoms with Crippen molar-refractivity contribution in [3.63, 3.8) is 0 Å². The minimum Gasteiger partial charge on any atom is -0.478 e. The van der Waals surface area contributed by atoms with Crippen LogP contribution in [0.3, 0.4) is 0 Å². The molecule has 29 heavy (non-hydrogen) atoms. The van der Waals surface area contributed by atoms with Crippen LogP contribution >= 0.6 is 0 Å². The molecule has 5 rings (SSSR count). The molecule has 1 aromatic heterocycles. The Hall–Kier alpha value is -2.97. The molecule has 0 unspecified atom stereocenters. The van der Waals surface area contributed by atoms with Gasteiger partial charge >= 0.3 is 5.97 Å². The van der Waals surface area contributed by atoms with E-state index in [-0.39, 0.29) is 5.56 Å². The van der Waals surface area contributed by atoms with Gasteiger partial charge in [-0.2, -0.15) is 0 Å². The van der Waals surface area contributed by atoms with E-state index < -0.39 is 5.97 Å². The Bertz CT molecular complexity index is 1080. The minimum absolute atomic E-state index is 0.212. The predicted molar refractivity (Wildman–Crippen MR) is 110 cm³/mol. The van der Waals surface area contributed by atoms with E-state index in [1.807, 2.05) is 0 Å². The summed E-state index contributed by atoms with van der Waals surface area (Å²) in [6.07, 6.45) is 0. The number of aromatic carboxylic acids is 1. The van der Waals surface area contributed by atoms with Gasteiger partial charge in [-0.05, 0) is 30.3 Å². The van der Waals surface area contributed by atoms with Gasteiger partial charge in [-0.3, -0.25) is 0 Å². The van der Waals surface area contributed by atoms with E-state index in [9.17, 15) is 9.90 Å². The molecule has 2 aliphatic heterocycles. The SMILES string of the molecule is O=C(O)c1ccc2nc3cc(N4CCOCC4)c(N4CCOCC4)cc3nc2c1. The van der Waals surface area contributed by atoms with E-state index in [4.69, 9.17) is 19.4 Å².